The van der Waals surface area contributed by atoms with E-state index in [4.69, 9.17) is 33.7 Å². The molecule has 0 spiro atoms. The number of Topliss-reactive ketones (excluding diaryl/α,β-unsaturated/α-hetero) is 1. The number of esters is 2. The summed E-state index contributed by atoms with van der Waals surface area (Å²) < 4.78 is 50.6. The van der Waals surface area contributed by atoms with Crippen LogP contribution in [-0.4, -0.2) is 83.6 Å². The number of hydrogen-bond acceptors (Lipinski definition) is 14. The van der Waals surface area contributed by atoms with Crippen molar-refractivity contribution >= 4 is 36.8 Å². The molecule has 1 saturated heterocycles. The van der Waals surface area contributed by atoms with E-state index in [1.807, 2.05) is 0 Å². The van der Waals surface area contributed by atoms with E-state index in [1.165, 1.54) is 37.0 Å². The molecule has 288 valence electrons. The molecular formula is C36H49N6O10P. The number of benzene rings is 1. The Morgan fingerprint density at radius 3 is 2.40 bits per heavy atom. The zero-order valence-electron chi connectivity index (χ0n) is 30.9. The van der Waals surface area contributed by atoms with Gasteiger partial charge in [-0.3, -0.25) is 18.9 Å². The van der Waals surface area contributed by atoms with Crippen LogP contribution in [0.15, 0.2) is 48.8 Å². The molecule has 0 amide bonds. The lowest BCUT2D eigenvalue weighted by atomic mass is 9.81. The van der Waals surface area contributed by atoms with Gasteiger partial charge < -0.3 is 29.2 Å². The molecule has 3 aromatic rings. The molecule has 1 unspecified atom stereocenters. The fourth-order valence-corrected chi connectivity index (χ4v) is 7.17. The molecule has 2 aromatic heterocycles. The van der Waals surface area contributed by atoms with Crippen molar-refractivity contribution in [3.63, 3.8) is 0 Å². The number of para-hydroxylation sites is 1. The standard InChI is InChI=1S/C36H49N6O10P/c1-23(2)31(43)18-28(29-12-13-30-33(38)39-22-40-42(29)30)32(51-34(44)24(3)4)36(20-37,47-6)21-50-53(46,52-27-10-8-7-9-11-27)41-25(5)35(45)49-19-26-14-16-48-17-15-26/h7-13,22-26,28,32H,14-19,21H2,1-6H3,(H,41,46)(H2,38,39,40)/t25-,28-,32-,36+,53?/m0/s1. The van der Waals surface area contributed by atoms with Crippen LogP contribution in [0.1, 0.15) is 65.5 Å². The third-order valence-electron chi connectivity index (χ3n) is 8.97. The minimum Gasteiger partial charge on any atom is -0.464 e. The Morgan fingerprint density at radius 1 is 1.08 bits per heavy atom. The highest BCUT2D eigenvalue weighted by atomic mass is 31.2. The van der Waals surface area contributed by atoms with Crippen molar-refractivity contribution in [1.82, 2.24) is 19.7 Å². The minimum absolute atomic E-state index is 0.128. The molecule has 3 N–H and O–H groups in total. The summed E-state index contributed by atoms with van der Waals surface area (Å²) in [6.07, 6.45) is 0.955. The van der Waals surface area contributed by atoms with Crippen LogP contribution < -0.4 is 15.3 Å². The van der Waals surface area contributed by atoms with Gasteiger partial charge in [-0.2, -0.15) is 15.4 Å². The topological polar surface area (TPSA) is 216 Å². The van der Waals surface area contributed by atoms with Crippen molar-refractivity contribution < 1.29 is 46.9 Å². The van der Waals surface area contributed by atoms with Crippen molar-refractivity contribution in [2.24, 2.45) is 17.8 Å². The predicted octanol–water partition coefficient (Wildman–Crippen LogP) is 4.64. The first-order chi connectivity index (χ1) is 25.2. The highest BCUT2D eigenvalue weighted by molar-refractivity contribution is 7.52. The normalized spacial score (nSPS) is 17.6. The minimum atomic E-state index is -4.55. The summed E-state index contributed by atoms with van der Waals surface area (Å²) in [5.74, 6) is -3.35. The fourth-order valence-electron chi connectivity index (χ4n) is 5.65. The number of carbonyl (C=O) groups is 3. The number of nitrogens with one attached hydrogen (secondary N) is 1. The van der Waals surface area contributed by atoms with Crippen LogP contribution in [0.25, 0.3) is 5.52 Å². The molecule has 1 aliphatic rings. The summed E-state index contributed by atoms with van der Waals surface area (Å²) in [5, 5.41) is 17.8. The number of nitrogen functional groups attached to an aromatic ring is 1. The van der Waals surface area contributed by atoms with Gasteiger partial charge in [-0.15, -0.1) is 0 Å². The van der Waals surface area contributed by atoms with Gasteiger partial charge in [0.15, 0.2) is 11.9 Å². The van der Waals surface area contributed by atoms with Gasteiger partial charge in [0, 0.05) is 38.6 Å². The van der Waals surface area contributed by atoms with Crippen molar-refractivity contribution in [2.75, 3.05) is 39.3 Å². The summed E-state index contributed by atoms with van der Waals surface area (Å²) in [4.78, 5) is 43.9. The van der Waals surface area contributed by atoms with Gasteiger partial charge in [0.1, 0.15) is 42.1 Å². The number of hydrogen-bond donors (Lipinski definition) is 2. The first-order valence-electron chi connectivity index (χ1n) is 17.5. The molecule has 53 heavy (non-hydrogen) atoms. The van der Waals surface area contributed by atoms with Crippen LogP contribution >= 0.6 is 7.75 Å². The molecule has 3 heterocycles. The number of fused-ring (bicyclic) bond motifs is 1. The molecule has 1 fully saturated rings. The fraction of sp³-hybridized carbons (Fsp3) is 0.556. The van der Waals surface area contributed by atoms with E-state index < -0.39 is 61.8 Å². The number of rotatable bonds is 19. The highest BCUT2D eigenvalue weighted by Gasteiger charge is 2.51. The molecule has 4 rings (SSSR count). The maximum Gasteiger partial charge on any atom is 0.459 e. The Kier molecular flexibility index (Phi) is 14.5. The van der Waals surface area contributed by atoms with Gasteiger partial charge in [-0.25, -0.2) is 14.1 Å². The lowest BCUT2D eigenvalue weighted by Crippen LogP contribution is -2.53. The third kappa shape index (κ3) is 10.6. The van der Waals surface area contributed by atoms with Gasteiger partial charge in [-0.1, -0.05) is 45.9 Å². The molecule has 0 bridgehead atoms. The summed E-state index contributed by atoms with van der Waals surface area (Å²) >= 11 is 0. The van der Waals surface area contributed by atoms with E-state index in [0.717, 1.165) is 12.8 Å². The lowest BCUT2D eigenvalue weighted by molar-refractivity contribution is -0.173. The molecule has 5 atom stereocenters. The summed E-state index contributed by atoms with van der Waals surface area (Å²) in [5.41, 5.74) is 4.69. The third-order valence-corrected chi connectivity index (χ3v) is 10.6. The average Bonchev–Trinajstić information content (AvgIpc) is 3.58. The molecule has 17 heteroatoms. The first kappa shape index (κ1) is 41.4. The van der Waals surface area contributed by atoms with Gasteiger partial charge >= 0.3 is 19.7 Å². The van der Waals surface area contributed by atoms with Crippen LogP contribution in [0.5, 0.6) is 5.75 Å². The highest BCUT2D eigenvalue weighted by Crippen LogP contribution is 2.47. The Bertz CT molecular complexity index is 1790. The van der Waals surface area contributed by atoms with Gasteiger partial charge in [0.2, 0.25) is 5.60 Å². The number of methoxy groups -OCH3 is 1. The quantitative estimate of drug-likeness (QED) is 0.126. The molecular weight excluding hydrogens is 707 g/mol. The Balaban J connectivity index is 1.73. The smallest absolute Gasteiger partial charge is 0.459 e. The van der Waals surface area contributed by atoms with Crippen LogP contribution in [0.4, 0.5) is 5.82 Å². The largest absolute Gasteiger partial charge is 0.464 e. The van der Waals surface area contributed by atoms with E-state index in [-0.39, 0.29) is 36.3 Å². The zero-order valence-corrected chi connectivity index (χ0v) is 31.8. The van der Waals surface area contributed by atoms with Crippen molar-refractivity contribution in [2.45, 2.75) is 77.5 Å². The summed E-state index contributed by atoms with van der Waals surface area (Å²) in [6.45, 7) is 8.60. The van der Waals surface area contributed by atoms with Crippen molar-refractivity contribution in [3.8, 4) is 11.8 Å². The maximum atomic E-state index is 14.6. The van der Waals surface area contributed by atoms with E-state index in [9.17, 15) is 24.2 Å². The van der Waals surface area contributed by atoms with Crippen LogP contribution in [0.3, 0.4) is 0 Å². The molecule has 1 aliphatic heterocycles. The number of carbonyl (C=O) groups excluding carboxylic acids is 3. The molecule has 0 saturated carbocycles. The summed E-state index contributed by atoms with van der Waals surface area (Å²) in [6, 6.07) is 12.3. The van der Waals surface area contributed by atoms with Gasteiger partial charge in [0.25, 0.3) is 0 Å². The monoisotopic (exact) mass is 756 g/mol. The Labute approximate surface area is 309 Å². The Hall–Kier alpha value is -4.39. The second-order valence-corrected chi connectivity index (χ2v) is 15.3. The number of nitrogens with zero attached hydrogens (tertiary/aromatic N) is 4. The van der Waals surface area contributed by atoms with Gasteiger partial charge in [-0.05, 0) is 49.9 Å². The number of anilines is 1. The van der Waals surface area contributed by atoms with Crippen molar-refractivity contribution in [3.05, 3.63) is 54.5 Å². The molecule has 1 aromatic carbocycles. The zero-order chi connectivity index (χ0) is 38.8. The molecule has 0 radical (unpaired) electrons. The predicted molar refractivity (Wildman–Crippen MR) is 192 cm³/mol. The molecule has 0 aliphatic carbocycles. The number of aromatic nitrogens is 3. The number of ether oxygens (including phenoxy) is 4. The maximum absolute atomic E-state index is 14.6. The SMILES string of the molecule is CO[C@](C#N)(COP(=O)(N[C@@H](C)C(=O)OCC1CCOCC1)Oc1ccccc1)[C@@H](OC(=O)C(C)C)[C@@H](CC(=O)C(C)C)c1ccc2c(N)ncnn12. The van der Waals surface area contributed by atoms with E-state index in [0.29, 0.717) is 24.4 Å². The number of nitriles is 1. The number of ketones is 1. The van der Waals surface area contributed by atoms with E-state index in [2.05, 4.69) is 21.2 Å². The first-order valence-corrected chi connectivity index (χ1v) is 19.1. The van der Waals surface area contributed by atoms with E-state index >= 15 is 0 Å². The van der Waals surface area contributed by atoms with Crippen LogP contribution in [0, 0.1) is 29.1 Å². The van der Waals surface area contributed by atoms with Gasteiger partial charge in [0.05, 0.1) is 18.2 Å². The van der Waals surface area contributed by atoms with Crippen molar-refractivity contribution in [1.29, 1.82) is 5.26 Å². The Morgan fingerprint density at radius 2 is 1.77 bits per heavy atom. The summed E-state index contributed by atoms with van der Waals surface area (Å²) in [7, 11) is -3.35. The average molecular weight is 757 g/mol. The number of nitrogens with two attached hydrogens (primary N) is 1. The van der Waals surface area contributed by atoms with Crippen LogP contribution in [0.2, 0.25) is 0 Å². The molecule has 16 nitrogen and oxygen atoms in total. The lowest BCUT2D eigenvalue weighted by Gasteiger charge is -2.38. The second-order valence-electron chi connectivity index (χ2n) is 13.6. The van der Waals surface area contributed by atoms with Crippen LogP contribution in [-0.2, 0) is 42.4 Å². The van der Waals surface area contributed by atoms with E-state index in [1.54, 1.807) is 58.0 Å². The second kappa shape index (κ2) is 18.6.